The van der Waals surface area contributed by atoms with Gasteiger partial charge in [-0.25, -0.2) is 0 Å². The summed E-state index contributed by atoms with van der Waals surface area (Å²) in [4.78, 5) is 2.21. The molecule has 0 radical (unpaired) electrons. The maximum atomic E-state index is 12.6. The first-order chi connectivity index (χ1) is 9.99. The minimum absolute atomic E-state index is 0. The van der Waals surface area contributed by atoms with Gasteiger partial charge in [0.15, 0.2) is 0 Å². The molecule has 0 aliphatic carbocycles. The quantitative estimate of drug-likeness (QED) is 0.848. The molecule has 0 amide bonds. The predicted octanol–water partition coefficient (Wildman–Crippen LogP) is 4.15. The van der Waals surface area contributed by atoms with Gasteiger partial charge < -0.3 is 5.73 Å². The zero-order valence-electron chi connectivity index (χ0n) is 11.8. The fourth-order valence-corrected chi connectivity index (χ4v) is 2.99. The highest BCUT2D eigenvalue weighted by Gasteiger charge is 2.32. The van der Waals surface area contributed by atoms with Crippen LogP contribution < -0.4 is 5.73 Å². The van der Waals surface area contributed by atoms with Crippen molar-refractivity contribution in [2.75, 3.05) is 13.1 Å². The molecule has 1 aromatic carbocycles. The van der Waals surface area contributed by atoms with Gasteiger partial charge in [0.25, 0.3) is 0 Å². The van der Waals surface area contributed by atoms with Gasteiger partial charge in [-0.1, -0.05) is 30.3 Å². The van der Waals surface area contributed by atoms with Gasteiger partial charge in [-0.15, -0.1) is 23.7 Å². The van der Waals surface area contributed by atoms with E-state index in [1.807, 2.05) is 30.3 Å². The van der Waals surface area contributed by atoms with Gasteiger partial charge in [0.05, 0.1) is 0 Å². The number of nitrogens with zero attached hydrogens (tertiary/aromatic N) is 1. The number of nitrogens with two attached hydrogens (primary N) is 1. The molecule has 0 aliphatic rings. The number of thiophene rings is 1. The van der Waals surface area contributed by atoms with Crippen LogP contribution in [0.5, 0.6) is 0 Å². The second kappa shape index (κ2) is 8.53. The summed E-state index contributed by atoms with van der Waals surface area (Å²) in [6.45, 7) is 2.28. The van der Waals surface area contributed by atoms with Gasteiger partial charge in [-0.3, -0.25) is 4.90 Å². The lowest BCUT2D eigenvalue weighted by atomic mass is 10.2. The summed E-state index contributed by atoms with van der Waals surface area (Å²) in [6, 6.07) is 12.5. The molecule has 2 rings (SSSR count). The van der Waals surface area contributed by atoms with Crippen LogP contribution in [0.1, 0.15) is 15.3 Å². The van der Waals surface area contributed by atoms with Gasteiger partial charge >= 0.3 is 6.18 Å². The summed E-state index contributed by atoms with van der Waals surface area (Å²) in [5, 5.41) is 0. The van der Waals surface area contributed by atoms with Gasteiger partial charge in [0, 0.05) is 31.1 Å². The molecule has 0 fully saturated rings. The topological polar surface area (TPSA) is 29.3 Å². The molecule has 0 unspecified atom stereocenters. The maximum Gasteiger partial charge on any atom is 0.425 e. The fourth-order valence-electron chi connectivity index (χ4n) is 2.07. The molecule has 7 heteroatoms. The molecule has 1 aromatic heterocycles. The molecule has 2 nitrogen and oxygen atoms in total. The Hall–Kier alpha value is -1.08. The molecule has 0 saturated carbocycles. The Morgan fingerprint density at radius 3 is 2.23 bits per heavy atom. The minimum atomic E-state index is -4.26. The van der Waals surface area contributed by atoms with Crippen LogP contribution in [0.25, 0.3) is 0 Å². The van der Waals surface area contributed by atoms with Crippen LogP contribution in [0.2, 0.25) is 0 Å². The molecule has 22 heavy (non-hydrogen) atoms. The molecular formula is C15H18ClF3N2S. The van der Waals surface area contributed by atoms with Gasteiger partial charge in [0.2, 0.25) is 0 Å². The maximum absolute atomic E-state index is 12.6. The van der Waals surface area contributed by atoms with Crippen molar-refractivity contribution in [1.29, 1.82) is 0 Å². The lowest BCUT2D eigenvalue weighted by Crippen LogP contribution is -2.28. The first-order valence-corrected chi connectivity index (χ1v) is 7.43. The van der Waals surface area contributed by atoms with Crippen molar-refractivity contribution in [2.24, 2.45) is 5.73 Å². The van der Waals surface area contributed by atoms with E-state index in [0.29, 0.717) is 31.1 Å². The summed E-state index contributed by atoms with van der Waals surface area (Å²) >= 11 is 0.797. The summed E-state index contributed by atoms with van der Waals surface area (Å²) in [6.07, 6.45) is -4.26. The zero-order valence-corrected chi connectivity index (χ0v) is 13.5. The van der Waals surface area contributed by atoms with Crippen LogP contribution >= 0.6 is 23.7 Å². The monoisotopic (exact) mass is 350 g/mol. The van der Waals surface area contributed by atoms with Crippen LogP contribution in [-0.2, 0) is 19.3 Å². The van der Waals surface area contributed by atoms with E-state index in [4.69, 9.17) is 5.73 Å². The smallest absolute Gasteiger partial charge is 0.329 e. The predicted molar refractivity (Wildman–Crippen MR) is 86.2 cm³/mol. The second-order valence-corrected chi connectivity index (χ2v) is 5.92. The van der Waals surface area contributed by atoms with Crippen molar-refractivity contribution in [3.63, 3.8) is 0 Å². The third-order valence-electron chi connectivity index (χ3n) is 3.01. The van der Waals surface area contributed by atoms with E-state index in [1.54, 1.807) is 6.07 Å². The van der Waals surface area contributed by atoms with Crippen LogP contribution in [0.3, 0.4) is 0 Å². The number of benzene rings is 1. The SMILES string of the molecule is Cl.NCCN(Cc1ccccc1)Cc1ccc(C(F)(F)F)s1. The highest BCUT2D eigenvalue weighted by molar-refractivity contribution is 7.12. The number of alkyl halides is 3. The molecule has 0 saturated heterocycles. The van der Waals surface area contributed by atoms with Crippen molar-refractivity contribution < 1.29 is 13.2 Å². The van der Waals surface area contributed by atoms with E-state index in [0.717, 1.165) is 23.0 Å². The van der Waals surface area contributed by atoms with E-state index in [9.17, 15) is 13.2 Å². The Morgan fingerprint density at radius 1 is 1.00 bits per heavy atom. The average Bonchev–Trinajstić information content (AvgIpc) is 2.89. The largest absolute Gasteiger partial charge is 0.425 e. The molecule has 122 valence electrons. The molecular weight excluding hydrogens is 333 g/mol. The molecule has 2 aromatic rings. The number of halogens is 4. The lowest BCUT2D eigenvalue weighted by Gasteiger charge is -2.21. The Labute approximate surface area is 138 Å². The first-order valence-electron chi connectivity index (χ1n) is 6.61. The Bertz CT molecular complexity index is 557. The van der Waals surface area contributed by atoms with Crippen LogP contribution in [0.15, 0.2) is 42.5 Å². The van der Waals surface area contributed by atoms with E-state index in [1.165, 1.54) is 0 Å². The van der Waals surface area contributed by atoms with Crippen LogP contribution in [-0.4, -0.2) is 18.0 Å². The Kier molecular flexibility index (Phi) is 7.35. The first kappa shape index (κ1) is 19.0. The number of hydrogen-bond acceptors (Lipinski definition) is 3. The van der Waals surface area contributed by atoms with Crippen molar-refractivity contribution in [1.82, 2.24) is 4.90 Å². The van der Waals surface area contributed by atoms with Gasteiger partial charge in [-0.2, -0.15) is 13.2 Å². The van der Waals surface area contributed by atoms with Crippen LogP contribution in [0, 0.1) is 0 Å². The highest BCUT2D eigenvalue weighted by atomic mass is 35.5. The average molecular weight is 351 g/mol. The standard InChI is InChI=1S/C15H17F3N2S.ClH/c16-15(17,18)14-7-6-13(21-14)11-20(9-8-19)10-12-4-2-1-3-5-12;/h1-7H,8-11,19H2;1H. The van der Waals surface area contributed by atoms with E-state index in [-0.39, 0.29) is 12.4 Å². The summed E-state index contributed by atoms with van der Waals surface area (Å²) in [5.41, 5.74) is 6.72. The normalized spacial score (nSPS) is 11.5. The lowest BCUT2D eigenvalue weighted by molar-refractivity contribution is -0.134. The molecule has 2 N–H and O–H groups in total. The van der Waals surface area contributed by atoms with E-state index in [2.05, 4.69) is 4.90 Å². The summed E-state index contributed by atoms with van der Waals surface area (Å²) < 4.78 is 37.8. The summed E-state index contributed by atoms with van der Waals surface area (Å²) in [5.74, 6) is 0. The van der Waals surface area contributed by atoms with E-state index < -0.39 is 11.1 Å². The highest BCUT2D eigenvalue weighted by Crippen LogP contribution is 2.35. The van der Waals surface area contributed by atoms with E-state index >= 15 is 0 Å². The van der Waals surface area contributed by atoms with Crippen molar-refractivity contribution in [3.05, 3.63) is 57.8 Å². The Balaban J connectivity index is 0.00000242. The fraction of sp³-hybridized carbons (Fsp3) is 0.333. The number of rotatable bonds is 6. The van der Waals surface area contributed by atoms with Crippen LogP contribution in [0.4, 0.5) is 13.2 Å². The third kappa shape index (κ3) is 5.61. The summed E-state index contributed by atoms with van der Waals surface area (Å²) in [7, 11) is 0. The van der Waals surface area contributed by atoms with Crippen molar-refractivity contribution >= 4 is 23.7 Å². The molecule has 1 heterocycles. The molecule has 0 bridgehead atoms. The molecule has 0 aliphatic heterocycles. The third-order valence-corrected chi connectivity index (χ3v) is 4.13. The Morgan fingerprint density at radius 2 is 1.68 bits per heavy atom. The number of hydrogen-bond donors (Lipinski definition) is 1. The zero-order chi connectivity index (χ0) is 15.3. The van der Waals surface area contributed by atoms with Crippen molar-refractivity contribution in [3.8, 4) is 0 Å². The van der Waals surface area contributed by atoms with Crippen molar-refractivity contribution in [2.45, 2.75) is 19.3 Å². The molecule has 0 spiro atoms. The second-order valence-electron chi connectivity index (χ2n) is 4.75. The van der Waals surface area contributed by atoms with Gasteiger partial charge in [0.1, 0.15) is 4.88 Å². The molecule has 0 atom stereocenters. The van der Waals surface area contributed by atoms with Gasteiger partial charge in [-0.05, 0) is 17.7 Å². The minimum Gasteiger partial charge on any atom is -0.329 e.